The van der Waals surface area contributed by atoms with E-state index in [0.717, 1.165) is 55.1 Å². The van der Waals surface area contributed by atoms with E-state index in [1.807, 2.05) is 5.57 Å². The largest absolute Gasteiger partial charge is 0.498 e. The Kier molecular flexibility index (Phi) is 10.4. The van der Waals surface area contributed by atoms with Crippen molar-refractivity contribution >= 4 is 11.9 Å². The second kappa shape index (κ2) is 13.7. The highest BCUT2D eigenvalue weighted by molar-refractivity contribution is 5.69. The van der Waals surface area contributed by atoms with Gasteiger partial charge in [0.05, 0.1) is 7.11 Å². The van der Waals surface area contributed by atoms with Gasteiger partial charge in [0.25, 0.3) is 0 Å². The first-order valence-corrected chi connectivity index (χ1v) is 17.9. The number of hydrogen-bond donors (Lipinski definition) is 0. The van der Waals surface area contributed by atoms with E-state index in [0.29, 0.717) is 47.7 Å². The summed E-state index contributed by atoms with van der Waals surface area (Å²) in [5.74, 6) is 5.28. The molecule has 0 radical (unpaired) electrons. The number of rotatable bonds is 11. The average Bonchev–Trinajstić information content (AvgIpc) is 3.30. The number of esters is 2. The van der Waals surface area contributed by atoms with E-state index in [1.54, 1.807) is 7.11 Å². The molecule has 8 atom stereocenters. The van der Waals surface area contributed by atoms with Gasteiger partial charge in [0.15, 0.2) is 0 Å². The lowest BCUT2D eigenvalue weighted by Gasteiger charge is -2.57. The average molecular weight is 597 g/mol. The molecular formula is C38H60O5. The summed E-state index contributed by atoms with van der Waals surface area (Å²) in [6.07, 6.45) is 21.9. The van der Waals surface area contributed by atoms with E-state index in [1.165, 1.54) is 71.1 Å². The number of carbonyl (C=O) groups excluding carboxylic acids is 2. The third-order valence-corrected chi connectivity index (χ3v) is 12.9. The summed E-state index contributed by atoms with van der Waals surface area (Å²) >= 11 is 0. The van der Waals surface area contributed by atoms with E-state index in [9.17, 15) is 9.59 Å². The SMILES string of the molecule is COC1=C(OC(C)=O)CCC(CCC(=O)O[C@H]2CCC3(C)C(CC=C4C5CCC(CCCCC(C)C)C5(C)CCC43)C2)C1. The molecule has 5 nitrogen and oxygen atoms in total. The van der Waals surface area contributed by atoms with Crippen LogP contribution in [0.25, 0.3) is 0 Å². The normalized spacial score (nSPS) is 37.2. The fourth-order valence-electron chi connectivity index (χ4n) is 10.3. The zero-order valence-corrected chi connectivity index (χ0v) is 28.2. The van der Waals surface area contributed by atoms with E-state index < -0.39 is 0 Å². The molecule has 0 aliphatic heterocycles. The maximum Gasteiger partial charge on any atom is 0.307 e. The lowest BCUT2D eigenvalue weighted by atomic mass is 9.48. The molecule has 5 rings (SSSR count). The van der Waals surface area contributed by atoms with Gasteiger partial charge in [0.1, 0.15) is 17.6 Å². The van der Waals surface area contributed by atoms with Crippen LogP contribution in [-0.4, -0.2) is 25.2 Å². The minimum absolute atomic E-state index is 0.0480. The summed E-state index contributed by atoms with van der Waals surface area (Å²) in [6, 6.07) is 0. The van der Waals surface area contributed by atoms with Crippen LogP contribution in [-0.2, 0) is 23.8 Å². The number of carbonyl (C=O) groups is 2. The zero-order chi connectivity index (χ0) is 30.8. The van der Waals surface area contributed by atoms with Gasteiger partial charge in [0.2, 0.25) is 0 Å². The number of ether oxygens (including phenoxy) is 3. The van der Waals surface area contributed by atoms with Crippen molar-refractivity contribution in [2.75, 3.05) is 7.11 Å². The maximum absolute atomic E-state index is 13.0. The Labute approximate surface area is 261 Å². The monoisotopic (exact) mass is 596 g/mol. The Morgan fingerprint density at radius 3 is 2.47 bits per heavy atom. The fraction of sp³-hybridized carbons (Fsp3) is 0.842. The van der Waals surface area contributed by atoms with Crippen molar-refractivity contribution in [2.45, 2.75) is 150 Å². The molecule has 7 unspecified atom stereocenters. The molecule has 0 heterocycles. The van der Waals surface area contributed by atoms with E-state index >= 15 is 0 Å². The minimum Gasteiger partial charge on any atom is -0.498 e. The summed E-state index contributed by atoms with van der Waals surface area (Å²) < 4.78 is 17.0. The van der Waals surface area contributed by atoms with Crippen molar-refractivity contribution in [3.05, 3.63) is 23.2 Å². The lowest BCUT2D eigenvalue weighted by Crippen LogP contribution is -2.50. The van der Waals surface area contributed by atoms with Gasteiger partial charge in [-0.2, -0.15) is 0 Å². The highest BCUT2D eigenvalue weighted by Crippen LogP contribution is 2.66. The molecule has 3 fully saturated rings. The summed E-state index contributed by atoms with van der Waals surface area (Å²) in [4.78, 5) is 24.3. The molecule has 43 heavy (non-hydrogen) atoms. The molecule has 5 aliphatic rings. The van der Waals surface area contributed by atoms with Crippen LogP contribution in [0.5, 0.6) is 0 Å². The fourth-order valence-corrected chi connectivity index (χ4v) is 10.3. The second-order valence-corrected chi connectivity index (χ2v) is 15.9. The molecule has 0 amide bonds. The van der Waals surface area contributed by atoms with Crippen LogP contribution in [0.2, 0.25) is 0 Å². The molecular weight excluding hydrogens is 536 g/mol. The number of unbranched alkanes of at least 4 members (excludes halogenated alkanes) is 1. The predicted octanol–water partition coefficient (Wildman–Crippen LogP) is 9.70. The second-order valence-electron chi connectivity index (χ2n) is 15.9. The topological polar surface area (TPSA) is 61.8 Å². The van der Waals surface area contributed by atoms with E-state index in [4.69, 9.17) is 14.2 Å². The molecule has 0 bridgehead atoms. The summed E-state index contributed by atoms with van der Waals surface area (Å²) in [5, 5.41) is 0. The van der Waals surface area contributed by atoms with Crippen molar-refractivity contribution < 1.29 is 23.8 Å². The molecule has 0 aromatic carbocycles. The van der Waals surface area contributed by atoms with Crippen LogP contribution in [0.1, 0.15) is 144 Å². The minimum atomic E-state index is -0.308. The Morgan fingerprint density at radius 2 is 1.72 bits per heavy atom. The summed E-state index contributed by atoms with van der Waals surface area (Å²) in [5.41, 5.74) is 2.70. The Balaban J connectivity index is 1.12. The first-order valence-electron chi connectivity index (χ1n) is 17.9. The maximum atomic E-state index is 13.0. The Morgan fingerprint density at radius 1 is 0.953 bits per heavy atom. The van der Waals surface area contributed by atoms with Gasteiger partial charge < -0.3 is 14.2 Å². The molecule has 0 N–H and O–H groups in total. The van der Waals surface area contributed by atoms with E-state index in [-0.39, 0.29) is 18.0 Å². The molecule has 0 spiro atoms. The number of allylic oxidation sites excluding steroid dienone is 4. The third-order valence-electron chi connectivity index (χ3n) is 12.9. The molecule has 0 saturated heterocycles. The molecule has 5 heteroatoms. The molecule has 242 valence electrons. The van der Waals surface area contributed by atoms with Gasteiger partial charge >= 0.3 is 11.9 Å². The van der Waals surface area contributed by atoms with Gasteiger partial charge in [-0.3, -0.25) is 9.59 Å². The standard InChI is InChI=1S/C38H60O5/c1-25(2)9-7-8-10-28-14-16-32-31-15-13-29-24-30(19-21-38(29,5)33(31)20-22-37(28,32)4)43-36(40)18-12-27-11-17-34(42-26(3)39)35(23-27)41-6/h15,25,27-30,32-33H,7-14,16-24H2,1-6H3/t27?,28?,29?,30-,32?,33?,37?,38?/m0/s1. The van der Waals surface area contributed by atoms with Crippen LogP contribution in [0.4, 0.5) is 0 Å². The predicted molar refractivity (Wildman–Crippen MR) is 171 cm³/mol. The summed E-state index contributed by atoms with van der Waals surface area (Å²) in [6.45, 7) is 11.4. The molecule has 3 saturated carbocycles. The smallest absolute Gasteiger partial charge is 0.307 e. The van der Waals surface area contributed by atoms with Crippen LogP contribution >= 0.6 is 0 Å². The number of fused-ring (bicyclic) bond motifs is 5. The van der Waals surface area contributed by atoms with Crippen molar-refractivity contribution in [3.63, 3.8) is 0 Å². The molecule has 5 aliphatic carbocycles. The van der Waals surface area contributed by atoms with Gasteiger partial charge in [-0.25, -0.2) is 0 Å². The highest BCUT2D eigenvalue weighted by Gasteiger charge is 2.57. The number of hydrogen-bond acceptors (Lipinski definition) is 5. The third kappa shape index (κ3) is 7.06. The zero-order valence-electron chi connectivity index (χ0n) is 28.2. The van der Waals surface area contributed by atoms with Gasteiger partial charge in [0, 0.05) is 26.2 Å². The van der Waals surface area contributed by atoms with Crippen LogP contribution in [0, 0.1) is 46.3 Å². The first-order chi connectivity index (χ1) is 20.5. The molecule has 0 aromatic rings. The quantitative estimate of drug-likeness (QED) is 0.135. The Hall–Kier alpha value is -1.78. The van der Waals surface area contributed by atoms with Crippen molar-refractivity contribution in [1.82, 2.24) is 0 Å². The highest BCUT2D eigenvalue weighted by atomic mass is 16.6. The van der Waals surface area contributed by atoms with Gasteiger partial charge in [-0.15, -0.1) is 0 Å². The summed E-state index contributed by atoms with van der Waals surface area (Å²) in [7, 11) is 1.63. The first kappa shape index (κ1) is 32.6. The van der Waals surface area contributed by atoms with Gasteiger partial charge in [-0.1, -0.05) is 58.6 Å². The van der Waals surface area contributed by atoms with Crippen molar-refractivity contribution in [3.8, 4) is 0 Å². The van der Waals surface area contributed by atoms with Crippen molar-refractivity contribution in [2.24, 2.45) is 46.3 Å². The number of methoxy groups -OCH3 is 1. The van der Waals surface area contributed by atoms with Crippen molar-refractivity contribution in [1.29, 1.82) is 0 Å². The van der Waals surface area contributed by atoms with Crippen LogP contribution < -0.4 is 0 Å². The van der Waals surface area contributed by atoms with E-state index in [2.05, 4.69) is 33.8 Å². The van der Waals surface area contributed by atoms with Gasteiger partial charge in [-0.05, 0) is 117 Å². The molecule has 0 aromatic heterocycles. The van der Waals surface area contributed by atoms with Crippen LogP contribution in [0.3, 0.4) is 0 Å². The lowest BCUT2D eigenvalue weighted by molar-refractivity contribution is -0.155. The van der Waals surface area contributed by atoms with Crippen LogP contribution in [0.15, 0.2) is 23.2 Å². The Bertz CT molecular complexity index is 1070.